The lowest BCUT2D eigenvalue weighted by Gasteiger charge is -2.10. The van der Waals surface area contributed by atoms with Gasteiger partial charge in [0.15, 0.2) is 0 Å². The summed E-state index contributed by atoms with van der Waals surface area (Å²) in [7, 11) is 10.1. The highest BCUT2D eigenvalue weighted by Gasteiger charge is 1.88. The second-order valence-corrected chi connectivity index (χ2v) is 6.75. The third kappa shape index (κ3) is 19.2. The Morgan fingerprint density at radius 2 is 1.00 bits per heavy atom. The maximum absolute atomic E-state index is 3.98. The van der Waals surface area contributed by atoms with Crippen molar-refractivity contribution < 1.29 is 0 Å². The number of rotatable bonds is 2. The lowest BCUT2D eigenvalue weighted by atomic mass is 10.3. The third-order valence-electron chi connectivity index (χ3n) is 3.61. The quantitative estimate of drug-likeness (QED) is 0.406. The summed E-state index contributed by atoms with van der Waals surface area (Å²) in [5.74, 6) is 1.06. The van der Waals surface area contributed by atoms with E-state index < -0.39 is 0 Å². The van der Waals surface area contributed by atoms with Gasteiger partial charge >= 0.3 is 0 Å². The zero-order chi connectivity index (χ0) is 25.4. The van der Waals surface area contributed by atoms with Gasteiger partial charge in [0, 0.05) is 59.0 Å². The van der Waals surface area contributed by atoms with Crippen molar-refractivity contribution in [1.82, 2.24) is 9.55 Å². The zero-order valence-corrected chi connectivity index (χ0v) is 22.9. The highest BCUT2D eigenvalue weighted by molar-refractivity contribution is 5.44. The van der Waals surface area contributed by atoms with Crippen LogP contribution in [0.3, 0.4) is 0 Å². The normalized spacial score (nSPS) is 8.12. The number of aromatic nitrogens is 2. The SMILES string of the molecule is CC.CC.CCC.CN(C)c1ccccc1.CN(C)c1ccccc1.Cc1nccn1C. The van der Waals surface area contributed by atoms with Crippen LogP contribution in [0, 0.1) is 6.92 Å². The molecular formula is C28H50N4. The largest absolute Gasteiger partial charge is 0.378 e. The van der Waals surface area contributed by atoms with Gasteiger partial charge in [0.1, 0.15) is 5.82 Å². The van der Waals surface area contributed by atoms with Gasteiger partial charge in [-0.25, -0.2) is 4.98 Å². The summed E-state index contributed by atoms with van der Waals surface area (Å²) in [6.07, 6.45) is 4.96. The fraction of sp³-hybridized carbons (Fsp3) is 0.464. The molecule has 3 aromatic rings. The summed E-state index contributed by atoms with van der Waals surface area (Å²) in [4.78, 5) is 8.15. The molecule has 1 heterocycles. The van der Waals surface area contributed by atoms with Gasteiger partial charge in [-0.3, -0.25) is 0 Å². The van der Waals surface area contributed by atoms with Crippen LogP contribution < -0.4 is 9.80 Å². The lowest BCUT2D eigenvalue weighted by Crippen LogP contribution is -2.07. The zero-order valence-electron chi connectivity index (χ0n) is 22.9. The minimum absolute atomic E-state index is 1.06. The number of imidazole rings is 1. The number of hydrogen-bond donors (Lipinski definition) is 0. The van der Waals surface area contributed by atoms with E-state index in [0.717, 1.165) is 5.82 Å². The predicted octanol–water partition coefficient (Wildman–Crippen LogP) is 7.70. The number of para-hydroxylation sites is 2. The monoisotopic (exact) mass is 442 g/mol. The average molecular weight is 443 g/mol. The highest BCUT2D eigenvalue weighted by atomic mass is 15.1. The van der Waals surface area contributed by atoms with Gasteiger partial charge in [0.2, 0.25) is 0 Å². The molecule has 0 atom stereocenters. The molecule has 0 unspecified atom stereocenters. The van der Waals surface area contributed by atoms with Crippen molar-refractivity contribution in [3.8, 4) is 0 Å². The van der Waals surface area contributed by atoms with E-state index in [0.29, 0.717) is 0 Å². The molecule has 0 saturated carbocycles. The first-order chi connectivity index (χ1) is 15.3. The number of hydrogen-bond acceptors (Lipinski definition) is 3. The van der Waals surface area contributed by atoms with Gasteiger partial charge in [-0.1, -0.05) is 84.4 Å². The summed E-state index contributed by atoms with van der Waals surface area (Å²) in [6, 6.07) is 20.5. The molecule has 182 valence electrons. The van der Waals surface area contributed by atoms with Crippen LogP contribution in [0.4, 0.5) is 11.4 Å². The third-order valence-corrected chi connectivity index (χ3v) is 3.61. The van der Waals surface area contributed by atoms with Crippen LogP contribution in [0.5, 0.6) is 0 Å². The van der Waals surface area contributed by atoms with E-state index in [1.165, 1.54) is 17.8 Å². The summed E-state index contributed by atoms with van der Waals surface area (Å²) in [5.41, 5.74) is 2.50. The van der Waals surface area contributed by atoms with Crippen LogP contribution in [0.2, 0.25) is 0 Å². The Morgan fingerprint density at radius 3 is 1.12 bits per heavy atom. The highest BCUT2D eigenvalue weighted by Crippen LogP contribution is 2.08. The van der Waals surface area contributed by atoms with Gasteiger partial charge in [-0.15, -0.1) is 0 Å². The first kappa shape index (κ1) is 33.9. The number of nitrogens with zero attached hydrogens (tertiary/aromatic N) is 4. The molecule has 0 aliphatic heterocycles. The van der Waals surface area contributed by atoms with Crippen LogP contribution in [0.1, 0.15) is 53.8 Å². The fourth-order valence-corrected chi connectivity index (χ4v) is 1.89. The van der Waals surface area contributed by atoms with E-state index in [2.05, 4.69) is 52.9 Å². The number of benzene rings is 2. The van der Waals surface area contributed by atoms with E-state index >= 15 is 0 Å². The summed E-state index contributed by atoms with van der Waals surface area (Å²) in [6.45, 7) is 14.2. The van der Waals surface area contributed by atoms with Gasteiger partial charge in [0.25, 0.3) is 0 Å². The molecule has 0 saturated heterocycles. The number of anilines is 2. The maximum Gasteiger partial charge on any atom is 0.105 e. The Balaban J connectivity index is -0.000000347. The van der Waals surface area contributed by atoms with Gasteiger partial charge in [-0.05, 0) is 31.2 Å². The second kappa shape index (κ2) is 24.5. The first-order valence-electron chi connectivity index (χ1n) is 11.7. The van der Waals surface area contributed by atoms with Crippen molar-refractivity contribution in [1.29, 1.82) is 0 Å². The fourth-order valence-electron chi connectivity index (χ4n) is 1.89. The first-order valence-corrected chi connectivity index (χ1v) is 11.7. The predicted molar refractivity (Wildman–Crippen MR) is 148 cm³/mol. The standard InChI is InChI=1S/2C8H11N.C5H8N2.C3H8.2C2H6/c2*1-9(2)8-6-4-3-5-7-8;1-5-6-3-4-7(5)2;1-3-2;2*1-2/h2*3-7H,1-2H3;3-4H,1-2H3;3H2,1-2H3;2*1-2H3. The Hall–Kier alpha value is -2.75. The lowest BCUT2D eigenvalue weighted by molar-refractivity contribution is 0.858. The van der Waals surface area contributed by atoms with Crippen molar-refractivity contribution >= 4 is 11.4 Å². The van der Waals surface area contributed by atoms with Crippen molar-refractivity contribution in [3.05, 3.63) is 78.9 Å². The minimum Gasteiger partial charge on any atom is -0.378 e. The second-order valence-electron chi connectivity index (χ2n) is 6.75. The molecule has 0 amide bonds. The molecule has 0 fully saturated rings. The minimum atomic E-state index is 1.06. The average Bonchev–Trinajstić information content (AvgIpc) is 3.21. The van der Waals surface area contributed by atoms with Crippen LogP contribution in [0.25, 0.3) is 0 Å². The number of aryl methyl sites for hydroxylation is 2. The molecular weight excluding hydrogens is 392 g/mol. The molecule has 4 heteroatoms. The molecule has 4 nitrogen and oxygen atoms in total. The van der Waals surface area contributed by atoms with Gasteiger partial charge in [-0.2, -0.15) is 0 Å². The molecule has 2 aromatic carbocycles. The smallest absolute Gasteiger partial charge is 0.105 e. The van der Waals surface area contributed by atoms with Crippen molar-refractivity contribution in [2.45, 2.75) is 54.9 Å². The Bertz CT molecular complexity index is 645. The molecule has 0 radical (unpaired) electrons. The van der Waals surface area contributed by atoms with Gasteiger partial charge in [0.05, 0.1) is 0 Å². The van der Waals surface area contributed by atoms with Crippen molar-refractivity contribution in [2.75, 3.05) is 38.0 Å². The van der Waals surface area contributed by atoms with Crippen molar-refractivity contribution in [2.24, 2.45) is 7.05 Å². The Kier molecular flexibility index (Phi) is 26.0. The molecule has 0 spiro atoms. The van der Waals surface area contributed by atoms with Crippen LogP contribution in [0.15, 0.2) is 73.1 Å². The topological polar surface area (TPSA) is 24.3 Å². The Labute approximate surface area is 199 Å². The van der Waals surface area contributed by atoms with E-state index in [1.54, 1.807) is 6.20 Å². The summed E-state index contributed by atoms with van der Waals surface area (Å²) < 4.78 is 1.97. The Morgan fingerprint density at radius 1 is 0.688 bits per heavy atom. The van der Waals surface area contributed by atoms with Crippen LogP contribution in [-0.2, 0) is 7.05 Å². The molecule has 0 aliphatic carbocycles. The summed E-state index contributed by atoms with van der Waals surface area (Å²) in [5, 5.41) is 0. The van der Waals surface area contributed by atoms with Crippen molar-refractivity contribution in [3.63, 3.8) is 0 Å². The van der Waals surface area contributed by atoms with E-state index in [-0.39, 0.29) is 0 Å². The molecule has 0 N–H and O–H groups in total. The molecule has 0 bridgehead atoms. The van der Waals surface area contributed by atoms with E-state index in [9.17, 15) is 0 Å². The molecule has 3 rings (SSSR count). The van der Waals surface area contributed by atoms with Crippen LogP contribution >= 0.6 is 0 Å². The molecule has 32 heavy (non-hydrogen) atoms. The molecule has 1 aromatic heterocycles. The van der Waals surface area contributed by atoms with E-state index in [4.69, 9.17) is 0 Å². The van der Waals surface area contributed by atoms with Crippen LogP contribution in [-0.4, -0.2) is 37.7 Å². The maximum atomic E-state index is 3.98. The van der Waals surface area contributed by atoms with Gasteiger partial charge < -0.3 is 14.4 Å². The molecule has 0 aliphatic rings. The van der Waals surface area contributed by atoms with E-state index in [1.807, 2.05) is 117 Å². The summed E-state index contributed by atoms with van der Waals surface area (Å²) >= 11 is 0.